The predicted octanol–water partition coefficient (Wildman–Crippen LogP) is 2.89. The van der Waals surface area contributed by atoms with E-state index in [-0.39, 0.29) is 24.2 Å². The molecular weight excluding hydrogens is 387 g/mol. The largest absolute Gasteiger partial charge is 0.494 e. The van der Waals surface area contributed by atoms with Crippen molar-refractivity contribution < 1.29 is 19.2 Å². The van der Waals surface area contributed by atoms with Crippen LogP contribution < -0.4 is 10.4 Å². The Morgan fingerprint density at radius 2 is 1.93 bits per heavy atom. The fourth-order valence-corrected chi connectivity index (χ4v) is 6.09. The number of hydrogen-bond donors (Lipinski definition) is 1. The van der Waals surface area contributed by atoms with Gasteiger partial charge in [-0.15, -0.1) is 0 Å². The van der Waals surface area contributed by atoms with Gasteiger partial charge in [0.15, 0.2) is 0 Å². The van der Waals surface area contributed by atoms with Gasteiger partial charge in [-0.1, -0.05) is 12.1 Å². The topological polar surface area (TPSA) is 62.2 Å². The van der Waals surface area contributed by atoms with Gasteiger partial charge in [-0.3, -0.25) is 0 Å². The number of carbonyl (C=O) groups is 1. The van der Waals surface area contributed by atoms with Crippen LogP contribution in [0.1, 0.15) is 51.2 Å². The van der Waals surface area contributed by atoms with E-state index in [0.29, 0.717) is 19.1 Å². The lowest BCUT2D eigenvalue weighted by molar-refractivity contribution is 0.00578. The molecule has 2 saturated heterocycles. The molecule has 8 heteroatoms. The van der Waals surface area contributed by atoms with Crippen LogP contribution in [0.3, 0.4) is 0 Å². The van der Waals surface area contributed by atoms with Crippen molar-refractivity contribution in [1.82, 2.24) is 4.90 Å². The van der Waals surface area contributed by atoms with Crippen LogP contribution in [0.25, 0.3) is 0 Å². The number of carboxylic acid groups (broad SMARTS) is 1. The van der Waals surface area contributed by atoms with E-state index in [2.05, 4.69) is 44.7 Å². The third kappa shape index (κ3) is 2.98. The van der Waals surface area contributed by atoms with E-state index in [9.17, 15) is 9.90 Å². The summed E-state index contributed by atoms with van der Waals surface area (Å²) in [5.41, 5.74) is 4.28. The molecule has 0 saturated carbocycles. The number of thioether (sulfide) groups is 1. The number of benzene rings is 1. The first-order valence-corrected chi connectivity index (χ1v) is 11.7. The molecule has 4 aliphatic heterocycles. The second kappa shape index (κ2) is 6.56. The Bertz CT molecular complexity index is 845. The molecule has 5 rings (SSSR count). The maximum atomic E-state index is 11.6. The molecule has 0 radical (unpaired) electrons. The molecule has 29 heavy (non-hydrogen) atoms. The molecule has 2 fully saturated rings. The Hall–Kier alpha value is -1.38. The van der Waals surface area contributed by atoms with E-state index in [1.165, 1.54) is 16.8 Å². The van der Waals surface area contributed by atoms with Crippen LogP contribution in [0.4, 0.5) is 10.5 Å². The summed E-state index contributed by atoms with van der Waals surface area (Å²) in [4.78, 5) is 15.8. The molecule has 1 aromatic carbocycles. The summed E-state index contributed by atoms with van der Waals surface area (Å²) in [6, 6.07) is 4.89. The summed E-state index contributed by atoms with van der Waals surface area (Å²) in [6.45, 7) is 10.5. The molecular formula is C21H29BN2O4S. The Kier molecular flexibility index (Phi) is 4.43. The molecule has 1 N–H and O–H groups in total. The smallest absolute Gasteiger partial charge is 0.465 e. The molecule has 156 valence electrons. The maximum absolute atomic E-state index is 11.6. The summed E-state index contributed by atoms with van der Waals surface area (Å²) >= 11 is 1.97. The minimum atomic E-state index is -0.812. The highest BCUT2D eigenvalue weighted by molar-refractivity contribution is 7.98. The van der Waals surface area contributed by atoms with Crippen molar-refractivity contribution in [1.29, 1.82) is 0 Å². The van der Waals surface area contributed by atoms with Gasteiger partial charge in [0.2, 0.25) is 0 Å². The third-order valence-electron chi connectivity index (χ3n) is 7.43. The van der Waals surface area contributed by atoms with Gasteiger partial charge in [0.25, 0.3) is 0 Å². The first-order chi connectivity index (χ1) is 13.7. The van der Waals surface area contributed by atoms with E-state index >= 15 is 0 Å². The summed E-state index contributed by atoms with van der Waals surface area (Å²) in [6.07, 6.45) is 0.0788. The third-order valence-corrected chi connectivity index (χ3v) is 8.42. The Balaban J connectivity index is 1.57. The number of hydrogen-bond acceptors (Lipinski definition) is 5. The second-order valence-electron chi connectivity index (χ2n) is 9.64. The number of rotatable bonds is 1. The first kappa shape index (κ1) is 19.6. The van der Waals surface area contributed by atoms with Crippen LogP contribution in [0.5, 0.6) is 0 Å². The molecule has 1 amide bonds. The van der Waals surface area contributed by atoms with E-state index in [4.69, 9.17) is 9.31 Å². The lowest BCUT2D eigenvalue weighted by Gasteiger charge is -2.37. The van der Waals surface area contributed by atoms with Crippen LogP contribution in [0.15, 0.2) is 12.1 Å². The van der Waals surface area contributed by atoms with Crippen molar-refractivity contribution in [3.63, 3.8) is 0 Å². The van der Waals surface area contributed by atoms with Gasteiger partial charge < -0.3 is 24.2 Å². The Labute approximate surface area is 177 Å². The summed E-state index contributed by atoms with van der Waals surface area (Å²) in [5, 5.41) is 9.55. The number of amides is 1. The molecule has 4 aliphatic rings. The van der Waals surface area contributed by atoms with E-state index < -0.39 is 6.09 Å². The lowest BCUT2D eigenvalue weighted by atomic mass is 9.75. The van der Waals surface area contributed by atoms with Gasteiger partial charge in [-0.25, -0.2) is 4.79 Å². The van der Waals surface area contributed by atoms with Crippen LogP contribution in [-0.4, -0.2) is 65.8 Å². The quantitative estimate of drug-likeness (QED) is 0.711. The van der Waals surface area contributed by atoms with Crippen molar-refractivity contribution in [2.45, 2.75) is 63.0 Å². The number of nitrogens with zero attached hydrogens (tertiary/aromatic N) is 2. The molecule has 4 heterocycles. The highest BCUT2D eigenvalue weighted by atomic mass is 32.2. The van der Waals surface area contributed by atoms with Crippen LogP contribution >= 0.6 is 11.8 Å². The maximum Gasteiger partial charge on any atom is 0.494 e. The van der Waals surface area contributed by atoms with Crippen molar-refractivity contribution in [2.75, 3.05) is 30.3 Å². The Morgan fingerprint density at radius 3 is 2.62 bits per heavy atom. The molecule has 0 unspecified atom stereocenters. The molecule has 6 nitrogen and oxygen atoms in total. The minimum absolute atomic E-state index is 0.221. The average Bonchev–Trinajstić information content (AvgIpc) is 2.96. The zero-order chi connectivity index (χ0) is 20.6. The van der Waals surface area contributed by atoms with Crippen molar-refractivity contribution in [3.05, 3.63) is 23.3 Å². The lowest BCUT2D eigenvalue weighted by Crippen LogP contribution is -2.48. The predicted molar refractivity (Wildman–Crippen MR) is 116 cm³/mol. The Morgan fingerprint density at radius 1 is 1.21 bits per heavy atom. The number of likely N-dealkylation sites (tertiary alicyclic amines) is 1. The second-order valence-corrected chi connectivity index (χ2v) is 10.7. The fraction of sp³-hybridized carbons (Fsp3) is 0.667. The van der Waals surface area contributed by atoms with Gasteiger partial charge in [0, 0.05) is 48.8 Å². The monoisotopic (exact) mass is 416 g/mol. The average molecular weight is 416 g/mol. The van der Waals surface area contributed by atoms with Gasteiger partial charge in [0.05, 0.1) is 11.2 Å². The van der Waals surface area contributed by atoms with Crippen molar-refractivity contribution in [2.24, 2.45) is 0 Å². The molecule has 0 aromatic heterocycles. The molecule has 0 bridgehead atoms. The van der Waals surface area contributed by atoms with Crippen LogP contribution in [0.2, 0.25) is 0 Å². The minimum Gasteiger partial charge on any atom is -0.465 e. The van der Waals surface area contributed by atoms with Gasteiger partial charge in [-0.2, -0.15) is 11.8 Å². The van der Waals surface area contributed by atoms with Crippen molar-refractivity contribution >= 4 is 36.1 Å². The van der Waals surface area contributed by atoms with Crippen LogP contribution in [-0.2, 0) is 15.1 Å². The summed E-state index contributed by atoms with van der Waals surface area (Å²) < 4.78 is 12.7. The molecule has 0 spiro atoms. The van der Waals surface area contributed by atoms with Gasteiger partial charge in [0.1, 0.15) is 0 Å². The standard InChI is InChI=1S/C21H29BN2O4S/c1-20(2)21(3,4)28-22(27-20)14-9-13-12-29-8-7-24-17-5-6-23(19(25)26)11-16(17)15(10-14)18(13)24/h9-10,16-17H,5-8,11-12H2,1-4H3,(H,25,26)/t16-,17-/m0/s1. The van der Waals surface area contributed by atoms with E-state index in [0.717, 1.165) is 29.9 Å². The number of fused-ring (bicyclic) bond motifs is 3. The number of piperidine rings is 1. The molecule has 1 aromatic rings. The summed E-state index contributed by atoms with van der Waals surface area (Å²) in [5.74, 6) is 2.30. The molecule has 2 atom stereocenters. The highest BCUT2D eigenvalue weighted by Crippen LogP contribution is 2.48. The fourth-order valence-electron chi connectivity index (χ4n) is 5.18. The summed E-state index contributed by atoms with van der Waals surface area (Å²) in [7, 11) is -0.388. The zero-order valence-electron chi connectivity index (χ0n) is 17.6. The van der Waals surface area contributed by atoms with E-state index in [1.54, 1.807) is 4.90 Å². The van der Waals surface area contributed by atoms with Gasteiger partial charge >= 0.3 is 13.2 Å². The van der Waals surface area contributed by atoms with Gasteiger partial charge in [-0.05, 0) is 50.7 Å². The highest BCUT2D eigenvalue weighted by Gasteiger charge is 2.53. The number of anilines is 1. The normalized spacial score (nSPS) is 29.4. The zero-order valence-corrected chi connectivity index (χ0v) is 18.4. The van der Waals surface area contributed by atoms with E-state index in [1.807, 2.05) is 11.8 Å². The first-order valence-electron chi connectivity index (χ1n) is 10.5. The SMILES string of the molecule is CC1(C)OB(c2cc3c4c(c2)[C@@H]2CN(C(=O)O)CC[C@@H]2N4CCSC3)OC1(C)C. The van der Waals surface area contributed by atoms with Crippen molar-refractivity contribution in [3.8, 4) is 0 Å². The molecule has 0 aliphatic carbocycles. The van der Waals surface area contributed by atoms with Crippen LogP contribution in [0, 0.1) is 0 Å².